The summed E-state index contributed by atoms with van der Waals surface area (Å²) in [5.74, 6) is 0.0293. The normalized spacial score (nSPS) is 18.4. The van der Waals surface area contributed by atoms with Crippen LogP contribution in [0.1, 0.15) is 42.4 Å². The molecular formula is C15H21BrN2O3S. The van der Waals surface area contributed by atoms with Gasteiger partial charge in [-0.1, -0.05) is 0 Å². The standard InChI is InChI=1S/C15H21BrN2O3S/c1-9-7-11(16)22-12(9)13(19)18-6-5-10(8-18)17-14(20)21-15(2,3)4/h7,10H,5-6,8H2,1-4H3,(H,17,20)/t10-/m0/s1. The molecule has 7 heteroatoms. The van der Waals surface area contributed by atoms with Crippen molar-refractivity contribution in [3.8, 4) is 0 Å². The fourth-order valence-corrected chi connectivity index (χ4v) is 4.03. The maximum absolute atomic E-state index is 12.5. The molecule has 0 saturated carbocycles. The number of amides is 2. The van der Waals surface area contributed by atoms with Gasteiger partial charge in [0.25, 0.3) is 5.91 Å². The summed E-state index contributed by atoms with van der Waals surface area (Å²) in [5.41, 5.74) is 0.462. The number of carbonyl (C=O) groups excluding carboxylic acids is 2. The summed E-state index contributed by atoms with van der Waals surface area (Å²) < 4.78 is 6.20. The Morgan fingerprint density at radius 2 is 2.14 bits per heavy atom. The largest absolute Gasteiger partial charge is 0.444 e. The quantitative estimate of drug-likeness (QED) is 0.842. The second-order valence-electron chi connectivity index (χ2n) is 6.45. The Balaban J connectivity index is 1.91. The fraction of sp³-hybridized carbons (Fsp3) is 0.600. The zero-order valence-electron chi connectivity index (χ0n) is 13.2. The molecule has 5 nitrogen and oxygen atoms in total. The second-order valence-corrected chi connectivity index (χ2v) is 8.88. The topological polar surface area (TPSA) is 58.6 Å². The van der Waals surface area contributed by atoms with Crippen LogP contribution in [-0.2, 0) is 4.74 Å². The van der Waals surface area contributed by atoms with Crippen molar-refractivity contribution in [2.24, 2.45) is 0 Å². The molecule has 122 valence electrons. The van der Waals surface area contributed by atoms with Crippen molar-refractivity contribution in [1.29, 1.82) is 0 Å². The van der Waals surface area contributed by atoms with E-state index in [1.54, 1.807) is 4.90 Å². The van der Waals surface area contributed by atoms with E-state index in [9.17, 15) is 9.59 Å². The van der Waals surface area contributed by atoms with E-state index < -0.39 is 11.7 Å². The molecule has 1 saturated heterocycles. The summed E-state index contributed by atoms with van der Waals surface area (Å²) in [5, 5.41) is 2.83. The van der Waals surface area contributed by atoms with Crippen molar-refractivity contribution in [3.63, 3.8) is 0 Å². The Morgan fingerprint density at radius 1 is 1.45 bits per heavy atom. The van der Waals surface area contributed by atoms with Crippen LogP contribution in [0.15, 0.2) is 9.85 Å². The van der Waals surface area contributed by atoms with E-state index in [0.717, 1.165) is 20.6 Å². The molecule has 2 amide bonds. The van der Waals surface area contributed by atoms with Gasteiger partial charge >= 0.3 is 6.09 Å². The summed E-state index contributed by atoms with van der Waals surface area (Å²) in [6, 6.07) is 1.90. The van der Waals surface area contributed by atoms with Crippen LogP contribution in [0.3, 0.4) is 0 Å². The minimum absolute atomic E-state index is 0.0293. The molecule has 1 aliphatic heterocycles. The molecule has 0 unspecified atom stereocenters. The number of rotatable bonds is 2. The lowest BCUT2D eigenvalue weighted by molar-refractivity contribution is 0.0502. The molecular weight excluding hydrogens is 368 g/mol. The van der Waals surface area contributed by atoms with Gasteiger partial charge in [-0.25, -0.2) is 4.79 Å². The first-order chi connectivity index (χ1) is 10.2. The molecule has 1 aromatic heterocycles. The van der Waals surface area contributed by atoms with Crippen LogP contribution in [0.25, 0.3) is 0 Å². The molecule has 2 heterocycles. The zero-order chi connectivity index (χ0) is 16.5. The van der Waals surface area contributed by atoms with Crippen LogP contribution in [-0.4, -0.2) is 41.6 Å². The molecule has 1 fully saturated rings. The summed E-state index contributed by atoms with van der Waals surface area (Å²) in [6.45, 7) is 8.58. The van der Waals surface area contributed by atoms with Gasteiger partial charge in [0.05, 0.1) is 14.7 Å². The van der Waals surface area contributed by atoms with Gasteiger partial charge in [0.1, 0.15) is 5.60 Å². The van der Waals surface area contributed by atoms with Crippen LogP contribution in [0.4, 0.5) is 4.79 Å². The SMILES string of the molecule is Cc1cc(Br)sc1C(=O)N1CC[C@H](NC(=O)OC(C)(C)C)C1. The number of likely N-dealkylation sites (tertiary alicyclic amines) is 1. The van der Waals surface area contributed by atoms with Crippen LogP contribution < -0.4 is 5.32 Å². The molecule has 22 heavy (non-hydrogen) atoms. The third-order valence-electron chi connectivity index (χ3n) is 3.28. The lowest BCUT2D eigenvalue weighted by Crippen LogP contribution is -2.41. The van der Waals surface area contributed by atoms with Gasteiger partial charge in [0.15, 0.2) is 0 Å². The molecule has 0 spiro atoms. The van der Waals surface area contributed by atoms with Gasteiger partial charge in [-0.15, -0.1) is 11.3 Å². The zero-order valence-corrected chi connectivity index (χ0v) is 15.6. The molecule has 1 atom stereocenters. The molecule has 0 radical (unpaired) electrons. The van der Waals surface area contributed by atoms with E-state index in [2.05, 4.69) is 21.2 Å². The van der Waals surface area contributed by atoms with E-state index in [4.69, 9.17) is 4.74 Å². The molecule has 1 N–H and O–H groups in total. The number of ether oxygens (including phenoxy) is 1. The van der Waals surface area contributed by atoms with Crippen molar-refractivity contribution in [3.05, 3.63) is 20.3 Å². The van der Waals surface area contributed by atoms with Gasteiger partial charge < -0.3 is 15.0 Å². The monoisotopic (exact) mass is 388 g/mol. The first kappa shape index (κ1) is 17.3. The summed E-state index contributed by atoms with van der Waals surface area (Å²) in [6.07, 6.45) is 0.318. The smallest absolute Gasteiger partial charge is 0.407 e. The van der Waals surface area contributed by atoms with Crippen molar-refractivity contribution in [2.45, 2.75) is 45.8 Å². The highest BCUT2D eigenvalue weighted by Crippen LogP contribution is 2.28. The van der Waals surface area contributed by atoms with E-state index in [1.165, 1.54) is 11.3 Å². The number of nitrogens with one attached hydrogen (secondary N) is 1. The van der Waals surface area contributed by atoms with E-state index in [0.29, 0.717) is 13.1 Å². The predicted octanol–water partition coefficient (Wildman–Crippen LogP) is 3.56. The number of hydrogen-bond acceptors (Lipinski definition) is 4. The molecule has 0 aliphatic carbocycles. The summed E-state index contributed by atoms with van der Waals surface area (Å²) in [4.78, 5) is 26.8. The first-order valence-corrected chi connectivity index (χ1v) is 8.81. The van der Waals surface area contributed by atoms with Gasteiger partial charge in [-0.2, -0.15) is 0 Å². The number of thiophene rings is 1. The maximum atomic E-state index is 12.5. The lowest BCUT2D eigenvalue weighted by Gasteiger charge is -2.22. The van der Waals surface area contributed by atoms with E-state index >= 15 is 0 Å². The van der Waals surface area contributed by atoms with Gasteiger partial charge in [0, 0.05) is 13.1 Å². The minimum atomic E-state index is -0.515. The summed E-state index contributed by atoms with van der Waals surface area (Å²) in [7, 11) is 0. The number of alkyl carbamates (subject to hydrolysis) is 1. The Hall–Kier alpha value is -1.08. The number of hydrogen-bond donors (Lipinski definition) is 1. The average Bonchev–Trinajstić information content (AvgIpc) is 2.92. The highest BCUT2D eigenvalue weighted by Gasteiger charge is 2.30. The Labute approximate surface area is 143 Å². The molecule has 1 aromatic rings. The van der Waals surface area contributed by atoms with E-state index in [1.807, 2.05) is 33.8 Å². The number of halogens is 1. The van der Waals surface area contributed by atoms with Crippen molar-refractivity contribution < 1.29 is 14.3 Å². The van der Waals surface area contributed by atoms with Crippen molar-refractivity contribution in [1.82, 2.24) is 10.2 Å². The molecule has 1 aliphatic rings. The highest BCUT2D eigenvalue weighted by molar-refractivity contribution is 9.11. The van der Waals surface area contributed by atoms with E-state index in [-0.39, 0.29) is 11.9 Å². The van der Waals surface area contributed by atoms with Crippen LogP contribution in [0, 0.1) is 6.92 Å². The van der Waals surface area contributed by atoms with Gasteiger partial charge in [-0.3, -0.25) is 4.79 Å². The minimum Gasteiger partial charge on any atom is -0.444 e. The Morgan fingerprint density at radius 3 is 2.68 bits per heavy atom. The predicted molar refractivity (Wildman–Crippen MR) is 90.4 cm³/mol. The number of aryl methyl sites for hydroxylation is 1. The van der Waals surface area contributed by atoms with Crippen molar-refractivity contribution >= 4 is 39.3 Å². The third kappa shape index (κ3) is 4.46. The summed E-state index contributed by atoms with van der Waals surface area (Å²) >= 11 is 4.85. The van der Waals surface area contributed by atoms with Gasteiger partial charge in [-0.05, 0) is 61.7 Å². The van der Waals surface area contributed by atoms with Crippen LogP contribution in [0.2, 0.25) is 0 Å². The Kier molecular flexibility index (Phi) is 5.17. The van der Waals surface area contributed by atoms with Crippen LogP contribution in [0.5, 0.6) is 0 Å². The van der Waals surface area contributed by atoms with Crippen LogP contribution >= 0.6 is 27.3 Å². The third-order valence-corrected chi connectivity index (χ3v) is 5.01. The maximum Gasteiger partial charge on any atom is 0.407 e. The highest BCUT2D eigenvalue weighted by atomic mass is 79.9. The number of nitrogens with zero attached hydrogens (tertiary/aromatic N) is 1. The Bertz CT molecular complexity index is 580. The molecule has 0 aromatic carbocycles. The van der Waals surface area contributed by atoms with Gasteiger partial charge in [0.2, 0.25) is 0 Å². The first-order valence-electron chi connectivity index (χ1n) is 7.20. The molecule has 2 rings (SSSR count). The number of carbonyl (C=O) groups is 2. The molecule has 0 bridgehead atoms. The lowest BCUT2D eigenvalue weighted by atomic mass is 10.2. The fourth-order valence-electron chi connectivity index (χ4n) is 2.34. The second kappa shape index (κ2) is 6.58. The average molecular weight is 389 g/mol. The van der Waals surface area contributed by atoms with Crippen molar-refractivity contribution in [2.75, 3.05) is 13.1 Å².